The SMILES string of the molecule is CC(=O)[C@H]1CC[C@H]2[C@@H]3CCC4CC(O)(C#Cc5ccc(C(F)(F)F)cc5)CC[C@]4(C)[C@H]3CC[C@]12C. The Balaban J connectivity index is 1.31. The Bertz CT molecular complexity index is 1050. The summed E-state index contributed by atoms with van der Waals surface area (Å²) in [5, 5.41) is 11.4. The molecular weight excluding hydrogens is 449 g/mol. The molecule has 4 fully saturated rings. The molecule has 4 saturated carbocycles. The number of ketones is 1. The van der Waals surface area contributed by atoms with Gasteiger partial charge in [-0.2, -0.15) is 13.2 Å². The molecule has 5 rings (SSSR count). The zero-order valence-corrected chi connectivity index (χ0v) is 21.0. The predicted molar refractivity (Wildman–Crippen MR) is 129 cm³/mol. The molecule has 2 nitrogen and oxygen atoms in total. The summed E-state index contributed by atoms with van der Waals surface area (Å²) in [5.41, 5.74) is -0.945. The zero-order valence-electron chi connectivity index (χ0n) is 21.0. The lowest BCUT2D eigenvalue weighted by molar-refractivity contribution is -0.144. The van der Waals surface area contributed by atoms with Gasteiger partial charge >= 0.3 is 6.18 Å². The van der Waals surface area contributed by atoms with Gasteiger partial charge in [-0.15, -0.1) is 0 Å². The first-order valence-corrected chi connectivity index (χ1v) is 13.3. The third-order valence-electron chi connectivity index (χ3n) is 10.9. The Labute approximate surface area is 207 Å². The van der Waals surface area contributed by atoms with Crippen molar-refractivity contribution in [1.82, 2.24) is 0 Å². The molecule has 0 radical (unpaired) electrons. The molecule has 1 N–H and O–H groups in total. The van der Waals surface area contributed by atoms with Gasteiger partial charge < -0.3 is 5.11 Å². The lowest BCUT2D eigenvalue weighted by Gasteiger charge is -2.61. The average molecular weight is 487 g/mol. The van der Waals surface area contributed by atoms with Gasteiger partial charge in [-0.25, -0.2) is 0 Å². The van der Waals surface area contributed by atoms with Crippen molar-refractivity contribution < 1.29 is 23.1 Å². The number of fused-ring (bicyclic) bond motifs is 5. The largest absolute Gasteiger partial charge is 0.416 e. The summed E-state index contributed by atoms with van der Waals surface area (Å²) in [4.78, 5) is 12.4. The van der Waals surface area contributed by atoms with Gasteiger partial charge in [0, 0.05) is 11.5 Å². The number of Topliss-reactive ketones (excluding diaryl/α,β-unsaturated/α-hetero) is 1. The summed E-state index contributed by atoms with van der Waals surface area (Å²) in [6, 6.07) is 4.85. The molecule has 0 aromatic heterocycles. The van der Waals surface area contributed by atoms with E-state index in [4.69, 9.17) is 0 Å². The minimum atomic E-state index is -4.36. The predicted octanol–water partition coefficient (Wildman–Crippen LogP) is 7.04. The highest BCUT2D eigenvalue weighted by Gasteiger charge is 2.61. The summed E-state index contributed by atoms with van der Waals surface area (Å²) in [6.07, 6.45) is 4.57. The molecule has 0 bridgehead atoms. The van der Waals surface area contributed by atoms with Gasteiger partial charge in [-0.3, -0.25) is 4.79 Å². The van der Waals surface area contributed by atoms with Crippen molar-refractivity contribution >= 4 is 5.78 Å². The molecule has 0 amide bonds. The molecule has 4 aliphatic rings. The molecule has 0 spiro atoms. The van der Waals surface area contributed by atoms with Crippen molar-refractivity contribution in [3.63, 3.8) is 0 Å². The number of rotatable bonds is 1. The van der Waals surface area contributed by atoms with Crippen molar-refractivity contribution in [2.45, 2.75) is 90.3 Å². The summed E-state index contributed by atoms with van der Waals surface area (Å²) >= 11 is 0. The van der Waals surface area contributed by atoms with E-state index in [1.54, 1.807) is 6.92 Å². The number of benzene rings is 1. The van der Waals surface area contributed by atoms with E-state index in [9.17, 15) is 23.1 Å². The number of halogens is 3. The number of aliphatic hydroxyl groups is 1. The summed E-state index contributed by atoms with van der Waals surface area (Å²) in [7, 11) is 0. The number of carbonyl (C=O) groups excluding carboxylic acids is 1. The first-order valence-electron chi connectivity index (χ1n) is 13.3. The van der Waals surface area contributed by atoms with Crippen LogP contribution in [0, 0.1) is 52.3 Å². The molecule has 0 saturated heterocycles. The highest BCUT2D eigenvalue weighted by molar-refractivity contribution is 5.79. The maximum atomic E-state index is 12.8. The normalized spacial score (nSPS) is 42.8. The Morgan fingerprint density at radius 3 is 2.29 bits per heavy atom. The highest BCUT2D eigenvalue weighted by atomic mass is 19.4. The van der Waals surface area contributed by atoms with Crippen LogP contribution in [0.1, 0.15) is 89.7 Å². The van der Waals surface area contributed by atoms with E-state index < -0.39 is 17.3 Å². The second kappa shape index (κ2) is 8.37. The molecule has 0 aliphatic heterocycles. The number of hydrogen-bond donors (Lipinski definition) is 1. The van der Waals surface area contributed by atoms with E-state index in [1.165, 1.54) is 25.0 Å². The smallest absolute Gasteiger partial charge is 0.378 e. The van der Waals surface area contributed by atoms with E-state index >= 15 is 0 Å². The van der Waals surface area contributed by atoms with Crippen LogP contribution in [0.2, 0.25) is 0 Å². The molecular formula is C30H37F3O2. The molecule has 8 atom stereocenters. The van der Waals surface area contributed by atoms with E-state index in [-0.39, 0.29) is 16.7 Å². The monoisotopic (exact) mass is 486 g/mol. The van der Waals surface area contributed by atoms with Crippen LogP contribution in [0.25, 0.3) is 0 Å². The Hall–Kier alpha value is -1.80. The molecule has 5 heteroatoms. The van der Waals surface area contributed by atoms with Crippen LogP contribution in [-0.4, -0.2) is 16.5 Å². The maximum absolute atomic E-state index is 12.8. The second-order valence-electron chi connectivity index (χ2n) is 12.5. The van der Waals surface area contributed by atoms with Crippen molar-refractivity contribution in [2.24, 2.45) is 40.4 Å². The number of alkyl halides is 3. The molecule has 1 aromatic carbocycles. The molecule has 4 aliphatic carbocycles. The number of hydrogen-bond acceptors (Lipinski definition) is 2. The second-order valence-corrected chi connectivity index (χ2v) is 12.5. The topological polar surface area (TPSA) is 37.3 Å². The summed E-state index contributed by atoms with van der Waals surface area (Å²) < 4.78 is 38.5. The molecule has 0 heterocycles. The first-order chi connectivity index (χ1) is 16.4. The Kier molecular flexibility index (Phi) is 5.95. The molecule has 35 heavy (non-hydrogen) atoms. The molecule has 2 unspecified atom stereocenters. The van der Waals surface area contributed by atoms with Gasteiger partial charge in [0.2, 0.25) is 0 Å². The standard InChI is InChI=1S/C30H37F3O2/c1-19(34)24-10-11-25-23-9-8-22-18-29(35,15-12-20-4-6-21(7-5-20)30(31,32)33)17-16-27(22,2)26(23)13-14-28(24,25)3/h4-7,22-26,35H,8-11,13-14,16-18H2,1-3H3/t22?,23-,24+,25-,26-,27-,28+,29?/m0/s1. The van der Waals surface area contributed by atoms with Crippen molar-refractivity contribution in [3.8, 4) is 11.8 Å². The minimum Gasteiger partial charge on any atom is -0.378 e. The maximum Gasteiger partial charge on any atom is 0.416 e. The van der Waals surface area contributed by atoms with Gasteiger partial charge in [0.05, 0.1) is 5.56 Å². The number of carbonyl (C=O) groups is 1. The van der Waals surface area contributed by atoms with Crippen LogP contribution in [0.3, 0.4) is 0 Å². The minimum absolute atomic E-state index is 0.152. The van der Waals surface area contributed by atoms with E-state index in [0.29, 0.717) is 47.9 Å². The fourth-order valence-electron chi connectivity index (χ4n) is 8.96. The van der Waals surface area contributed by atoms with Crippen LogP contribution in [-0.2, 0) is 11.0 Å². The van der Waals surface area contributed by atoms with Gasteiger partial charge in [-0.1, -0.05) is 25.7 Å². The van der Waals surface area contributed by atoms with Gasteiger partial charge in [0.15, 0.2) is 0 Å². The lowest BCUT2D eigenvalue weighted by atomic mass is 9.44. The summed E-state index contributed by atoms with van der Waals surface area (Å²) in [6.45, 7) is 6.57. The van der Waals surface area contributed by atoms with Crippen molar-refractivity contribution in [1.29, 1.82) is 0 Å². The fraction of sp³-hybridized carbons (Fsp3) is 0.700. The van der Waals surface area contributed by atoms with Gasteiger partial charge in [0.1, 0.15) is 11.4 Å². The third kappa shape index (κ3) is 4.14. The fourth-order valence-corrected chi connectivity index (χ4v) is 8.96. The Morgan fingerprint density at radius 1 is 0.943 bits per heavy atom. The Morgan fingerprint density at radius 2 is 1.63 bits per heavy atom. The van der Waals surface area contributed by atoms with Crippen LogP contribution < -0.4 is 0 Å². The van der Waals surface area contributed by atoms with Crippen LogP contribution in [0.15, 0.2) is 24.3 Å². The highest BCUT2D eigenvalue weighted by Crippen LogP contribution is 2.68. The van der Waals surface area contributed by atoms with Crippen LogP contribution in [0.4, 0.5) is 13.2 Å². The first kappa shape index (κ1) is 24.9. The van der Waals surface area contributed by atoms with Gasteiger partial charge in [0.25, 0.3) is 0 Å². The summed E-state index contributed by atoms with van der Waals surface area (Å²) in [5.74, 6) is 8.92. The average Bonchev–Trinajstić information content (AvgIpc) is 3.16. The van der Waals surface area contributed by atoms with E-state index in [2.05, 4.69) is 25.7 Å². The quantitative estimate of drug-likeness (QED) is 0.433. The van der Waals surface area contributed by atoms with Crippen LogP contribution >= 0.6 is 0 Å². The zero-order chi connectivity index (χ0) is 25.2. The lowest BCUT2D eigenvalue weighted by Crippen LogP contribution is -2.56. The van der Waals surface area contributed by atoms with Crippen molar-refractivity contribution in [2.75, 3.05) is 0 Å². The van der Waals surface area contributed by atoms with Gasteiger partial charge in [-0.05, 0) is 123 Å². The molecule has 1 aromatic rings. The van der Waals surface area contributed by atoms with Crippen molar-refractivity contribution in [3.05, 3.63) is 35.4 Å². The third-order valence-corrected chi connectivity index (χ3v) is 10.9. The molecule has 190 valence electrons. The van der Waals surface area contributed by atoms with Crippen LogP contribution in [0.5, 0.6) is 0 Å². The van der Waals surface area contributed by atoms with E-state index in [0.717, 1.165) is 44.2 Å². The van der Waals surface area contributed by atoms with E-state index in [1.807, 2.05) is 0 Å².